The second-order valence-corrected chi connectivity index (χ2v) is 19.6. The number of hydrogen-bond acceptors (Lipinski definition) is 30. The van der Waals surface area contributed by atoms with Crippen molar-refractivity contribution >= 4 is 17.7 Å². The van der Waals surface area contributed by atoms with Gasteiger partial charge in [-0.1, -0.05) is 6.92 Å². The van der Waals surface area contributed by atoms with Crippen molar-refractivity contribution in [2.45, 2.75) is 118 Å². The van der Waals surface area contributed by atoms with Gasteiger partial charge in [0.2, 0.25) is 17.7 Å². The fourth-order valence-electron chi connectivity index (χ4n) is 7.88. The van der Waals surface area contributed by atoms with Gasteiger partial charge in [-0.25, -0.2) is 0 Å². The molecule has 3 fully saturated rings. The molecule has 83 heavy (non-hydrogen) atoms. The van der Waals surface area contributed by atoms with Crippen LogP contribution in [0, 0.1) is 5.41 Å². The third-order valence-electron chi connectivity index (χ3n) is 12.7. The highest BCUT2D eigenvalue weighted by molar-refractivity contribution is 5.76. The summed E-state index contributed by atoms with van der Waals surface area (Å²) >= 11 is 0. The van der Waals surface area contributed by atoms with Crippen molar-refractivity contribution in [1.82, 2.24) is 16.0 Å². The first kappa shape index (κ1) is 74.6. The van der Waals surface area contributed by atoms with Gasteiger partial charge in [0, 0.05) is 44.3 Å². The van der Waals surface area contributed by atoms with E-state index in [2.05, 4.69) is 16.0 Å². The zero-order valence-corrected chi connectivity index (χ0v) is 47.1. The van der Waals surface area contributed by atoms with E-state index >= 15 is 0 Å². The standard InChI is InChI=1S/C50H93N3O30/c1-50(29-75-8-2-35(57)51-5-11-69-14-17-72-20-23-78-47-44(66)41(63)38(60)32(26-54)81-47,30-76-9-3-36(58)52-6-12-70-15-18-73-21-24-79-48-45(67)42(64)39(61)33(27-55)82-48)31-77-10-4-37(59)53-7-13-71-16-19-74-22-25-80-49-46(68)43(65)40(62)34(28-56)83-49/h32-34,38-49,54-56,60-68H,2-31H2,1H3,(H,51,57)(H,52,58)(H,53,59)/t32?,33?,34?,38-,39-,40-,41-,42-,43-,44?,45?,46?,47+,48+,49+,50?/m0/s1. The van der Waals surface area contributed by atoms with Crippen molar-refractivity contribution in [2.24, 2.45) is 5.41 Å². The molecule has 3 aliphatic heterocycles. The van der Waals surface area contributed by atoms with E-state index in [4.69, 9.17) is 71.1 Å². The van der Waals surface area contributed by atoms with Gasteiger partial charge in [0.05, 0.1) is 159 Å². The summed E-state index contributed by atoms with van der Waals surface area (Å²) in [6.07, 6.45) is -20.5. The van der Waals surface area contributed by atoms with E-state index in [0.29, 0.717) is 0 Å². The molecule has 33 nitrogen and oxygen atoms in total. The average molecular weight is 1220 g/mol. The van der Waals surface area contributed by atoms with E-state index in [0.717, 1.165) is 0 Å². The average Bonchev–Trinajstić information content (AvgIpc) is 3.66. The molecular weight excluding hydrogens is 1120 g/mol. The lowest BCUT2D eigenvalue weighted by Gasteiger charge is -2.39. The van der Waals surface area contributed by atoms with Crippen molar-refractivity contribution in [2.75, 3.05) is 178 Å². The van der Waals surface area contributed by atoms with Crippen LogP contribution in [0.1, 0.15) is 26.2 Å². The van der Waals surface area contributed by atoms with Crippen molar-refractivity contribution in [3.8, 4) is 0 Å². The molecule has 0 aromatic rings. The van der Waals surface area contributed by atoms with Gasteiger partial charge in [-0.15, -0.1) is 0 Å². The van der Waals surface area contributed by atoms with Crippen molar-refractivity contribution < 1.29 is 147 Å². The second-order valence-electron chi connectivity index (χ2n) is 19.6. The normalized spacial score (nSPS) is 29.1. The molecule has 3 heterocycles. The highest BCUT2D eigenvalue weighted by Crippen LogP contribution is 2.25. The zero-order chi connectivity index (χ0) is 60.8. The van der Waals surface area contributed by atoms with E-state index in [1.807, 2.05) is 6.92 Å². The molecule has 0 aliphatic carbocycles. The van der Waals surface area contributed by atoms with Gasteiger partial charge in [0.25, 0.3) is 0 Å². The maximum Gasteiger partial charge on any atom is 0.222 e. The molecule has 3 amide bonds. The molecule has 0 bridgehead atoms. The van der Waals surface area contributed by atoms with Gasteiger partial charge >= 0.3 is 0 Å². The molecule has 0 aromatic heterocycles. The molecule has 3 rings (SSSR count). The van der Waals surface area contributed by atoms with Crippen molar-refractivity contribution in [3.63, 3.8) is 0 Å². The zero-order valence-electron chi connectivity index (χ0n) is 47.1. The molecule has 6 unspecified atom stereocenters. The quantitative estimate of drug-likeness (QED) is 0.0252. The highest BCUT2D eigenvalue weighted by Gasteiger charge is 2.46. The Hall–Kier alpha value is -2.67. The molecule has 0 radical (unpaired) electrons. The predicted molar refractivity (Wildman–Crippen MR) is 278 cm³/mol. The Bertz CT molecular complexity index is 1500. The summed E-state index contributed by atoms with van der Waals surface area (Å²) in [4.78, 5) is 37.5. The Balaban J connectivity index is 1.26. The number of ether oxygens (including phenoxy) is 15. The van der Waals surface area contributed by atoms with Crippen LogP contribution in [-0.2, 0) is 85.4 Å². The monoisotopic (exact) mass is 1220 g/mol. The summed E-state index contributed by atoms with van der Waals surface area (Å²) in [5.74, 6) is -0.847. The molecule has 0 aromatic carbocycles. The van der Waals surface area contributed by atoms with Crippen LogP contribution < -0.4 is 16.0 Å². The maximum absolute atomic E-state index is 12.5. The first-order valence-corrected chi connectivity index (χ1v) is 27.7. The minimum Gasteiger partial charge on any atom is -0.394 e. The van der Waals surface area contributed by atoms with E-state index in [-0.39, 0.29) is 195 Å². The number of rotatable bonds is 48. The van der Waals surface area contributed by atoms with E-state index in [1.165, 1.54) is 0 Å². The summed E-state index contributed by atoms with van der Waals surface area (Å²) in [6, 6.07) is 0. The maximum atomic E-state index is 12.5. The summed E-state index contributed by atoms with van der Waals surface area (Å²) in [5.41, 5.74) is -0.755. The molecular formula is C50H93N3O30. The Kier molecular flexibility index (Phi) is 39.4. The fourth-order valence-corrected chi connectivity index (χ4v) is 7.88. The third-order valence-corrected chi connectivity index (χ3v) is 12.7. The summed E-state index contributed by atoms with van der Waals surface area (Å²) in [7, 11) is 0. The Morgan fingerprint density at radius 1 is 0.337 bits per heavy atom. The number of aliphatic hydroxyl groups is 12. The largest absolute Gasteiger partial charge is 0.394 e. The van der Waals surface area contributed by atoms with Gasteiger partial charge < -0.3 is 148 Å². The first-order valence-electron chi connectivity index (χ1n) is 27.7. The number of nitrogens with one attached hydrogen (secondary N) is 3. The Morgan fingerprint density at radius 3 is 0.831 bits per heavy atom. The van der Waals surface area contributed by atoms with Crippen LogP contribution in [0.5, 0.6) is 0 Å². The lowest BCUT2D eigenvalue weighted by atomic mass is 9.94. The van der Waals surface area contributed by atoms with Crippen LogP contribution in [0.15, 0.2) is 0 Å². The number of carbonyl (C=O) groups excluding carboxylic acids is 3. The van der Waals surface area contributed by atoms with Gasteiger partial charge in [-0.3, -0.25) is 14.4 Å². The summed E-state index contributed by atoms with van der Waals surface area (Å²) < 4.78 is 82.2. The molecule has 0 saturated carbocycles. The summed E-state index contributed by atoms with van der Waals surface area (Å²) in [5, 5.41) is 125. The molecule has 3 aliphatic rings. The van der Waals surface area contributed by atoms with Crippen LogP contribution in [0.3, 0.4) is 0 Å². The summed E-state index contributed by atoms with van der Waals surface area (Å²) in [6.45, 7) is 3.37. The highest BCUT2D eigenvalue weighted by atomic mass is 16.7. The Labute approximate surface area is 481 Å². The fraction of sp³-hybridized carbons (Fsp3) is 0.940. The SMILES string of the molecule is CC(COCCC(=O)NCCOCCOCCO[C@@H]1OC(CO)[C@H](O)[C@H](O)C1O)(COCCC(=O)NCCOCCOCCO[C@@H]1OC(CO)[C@H](O)[C@H](O)C1O)COCCC(=O)NCCOCCOCCO[C@@H]1OC(CO)[C@H](O)[C@H](O)C1O. The molecule has 15 atom stereocenters. The number of carbonyl (C=O) groups is 3. The van der Waals surface area contributed by atoms with Gasteiger partial charge in [-0.2, -0.15) is 0 Å². The van der Waals surface area contributed by atoms with Crippen LogP contribution >= 0.6 is 0 Å². The number of aliphatic hydroxyl groups excluding tert-OH is 12. The van der Waals surface area contributed by atoms with Gasteiger partial charge in [0.15, 0.2) is 18.9 Å². The second kappa shape index (κ2) is 43.9. The van der Waals surface area contributed by atoms with Crippen LogP contribution in [-0.4, -0.2) is 349 Å². The lowest BCUT2D eigenvalue weighted by molar-refractivity contribution is -0.302. The molecule has 0 spiro atoms. The molecule has 33 heteroatoms. The van der Waals surface area contributed by atoms with Gasteiger partial charge in [-0.05, 0) is 0 Å². The van der Waals surface area contributed by atoms with Crippen LogP contribution in [0.4, 0.5) is 0 Å². The number of amides is 3. The molecule has 488 valence electrons. The van der Waals surface area contributed by atoms with E-state index < -0.39 is 117 Å². The minimum absolute atomic E-state index is 0.0108. The lowest BCUT2D eigenvalue weighted by Crippen LogP contribution is -2.59. The van der Waals surface area contributed by atoms with Crippen LogP contribution in [0.25, 0.3) is 0 Å². The van der Waals surface area contributed by atoms with Crippen molar-refractivity contribution in [3.05, 3.63) is 0 Å². The smallest absolute Gasteiger partial charge is 0.222 e. The topological polar surface area (TPSA) is 469 Å². The van der Waals surface area contributed by atoms with Crippen LogP contribution in [0.2, 0.25) is 0 Å². The first-order chi connectivity index (χ1) is 40.0. The Morgan fingerprint density at radius 2 is 0.578 bits per heavy atom. The minimum atomic E-state index is -1.55. The van der Waals surface area contributed by atoms with E-state index in [9.17, 15) is 75.7 Å². The molecule has 15 N–H and O–H groups in total. The number of hydrogen-bond donors (Lipinski definition) is 15. The van der Waals surface area contributed by atoms with Gasteiger partial charge in [0.1, 0.15) is 73.2 Å². The predicted octanol–water partition coefficient (Wildman–Crippen LogP) is -8.89. The van der Waals surface area contributed by atoms with E-state index in [1.54, 1.807) is 0 Å². The third kappa shape index (κ3) is 29.7. The molecule has 3 saturated heterocycles. The van der Waals surface area contributed by atoms with Crippen molar-refractivity contribution in [1.29, 1.82) is 0 Å².